The maximum absolute atomic E-state index is 13.8. The second-order valence-electron chi connectivity index (χ2n) is 5.27. The van der Waals surface area contributed by atoms with Gasteiger partial charge >= 0.3 is 5.97 Å². The van der Waals surface area contributed by atoms with E-state index >= 15 is 0 Å². The van der Waals surface area contributed by atoms with E-state index in [1.807, 2.05) is 30.3 Å². The predicted octanol–water partition coefficient (Wildman–Crippen LogP) is 4.64. The van der Waals surface area contributed by atoms with Crippen molar-refractivity contribution in [2.45, 2.75) is 30.1 Å². The van der Waals surface area contributed by atoms with Crippen LogP contribution in [-0.2, 0) is 14.3 Å². The first-order valence-corrected chi connectivity index (χ1v) is 9.22. The van der Waals surface area contributed by atoms with E-state index in [0.717, 1.165) is 4.90 Å². The first kappa shape index (κ1) is 19.5. The van der Waals surface area contributed by atoms with Gasteiger partial charge in [0.05, 0.1) is 5.69 Å². The molecule has 0 saturated heterocycles. The highest BCUT2D eigenvalue weighted by atomic mass is 79.9. The lowest BCUT2D eigenvalue weighted by molar-refractivity contribution is -0.152. The molecule has 0 radical (unpaired) electrons. The molecular formula is C18H17BrFNO3S. The fourth-order valence-corrected chi connectivity index (χ4v) is 3.11. The summed E-state index contributed by atoms with van der Waals surface area (Å²) in [4.78, 5) is 25.1. The first-order chi connectivity index (χ1) is 11.9. The van der Waals surface area contributed by atoms with Gasteiger partial charge in [-0.15, -0.1) is 11.8 Å². The summed E-state index contributed by atoms with van der Waals surface area (Å²) >= 11 is 4.48. The Bertz CT molecular complexity index is 757. The van der Waals surface area contributed by atoms with Gasteiger partial charge in [-0.05, 0) is 44.2 Å². The van der Waals surface area contributed by atoms with E-state index in [1.54, 1.807) is 13.0 Å². The van der Waals surface area contributed by atoms with Crippen molar-refractivity contribution in [2.75, 3.05) is 5.32 Å². The number of esters is 1. The smallest absolute Gasteiger partial charge is 0.319 e. The highest BCUT2D eigenvalue weighted by molar-refractivity contribution is 9.10. The van der Waals surface area contributed by atoms with Crippen LogP contribution in [0, 0.1) is 5.82 Å². The van der Waals surface area contributed by atoms with Crippen molar-refractivity contribution in [2.24, 2.45) is 0 Å². The molecule has 132 valence electrons. The van der Waals surface area contributed by atoms with Gasteiger partial charge in [-0.3, -0.25) is 9.59 Å². The third-order valence-corrected chi connectivity index (χ3v) is 4.82. The van der Waals surface area contributed by atoms with Crippen LogP contribution in [0.2, 0.25) is 0 Å². The Kier molecular flexibility index (Phi) is 7.01. The monoisotopic (exact) mass is 425 g/mol. The van der Waals surface area contributed by atoms with Gasteiger partial charge in [0.25, 0.3) is 5.91 Å². The molecule has 4 nitrogen and oxygen atoms in total. The topological polar surface area (TPSA) is 55.4 Å². The summed E-state index contributed by atoms with van der Waals surface area (Å²) < 4.78 is 19.5. The van der Waals surface area contributed by atoms with E-state index < -0.39 is 29.0 Å². The van der Waals surface area contributed by atoms with Crippen LogP contribution >= 0.6 is 27.7 Å². The second kappa shape index (κ2) is 9.01. The van der Waals surface area contributed by atoms with Gasteiger partial charge in [0, 0.05) is 9.37 Å². The molecular weight excluding hydrogens is 409 g/mol. The minimum absolute atomic E-state index is 0.0304. The number of thioether (sulfide) groups is 1. The fourth-order valence-electron chi connectivity index (χ4n) is 1.90. The van der Waals surface area contributed by atoms with E-state index in [9.17, 15) is 14.0 Å². The predicted molar refractivity (Wildman–Crippen MR) is 100 cm³/mol. The van der Waals surface area contributed by atoms with Crippen LogP contribution in [0.15, 0.2) is 57.9 Å². The maximum atomic E-state index is 13.8. The molecule has 2 aromatic carbocycles. The molecule has 0 aliphatic carbocycles. The van der Waals surface area contributed by atoms with Crippen LogP contribution < -0.4 is 5.32 Å². The number of amides is 1. The number of nitrogens with one attached hydrogen (secondary N) is 1. The SMILES string of the molecule is C[C@H](Sc1ccccc1)C(=O)O[C@H](C)C(=O)Nc1ccc(Br)cc1F. The van der Waals surface area contributed by atoms with Crippen molar-refractivity contribution in [3.8, 4) is 0 Å². The summed E-state index contributed by atoms with van der Waals surface area (Å²) in [5, 5.41) is 1.94. The van der Waals surface area contributed by atoms with Crippen LogP contribution in [-0.4, -0.2) is 23.2 Å². The Labute approximate surface area is 158 Å². The summed E-state index contributed by atoms with van der Waals surface area (Å²) in [6.07, 6.45) is -1.03. The van der Waals surface area contributed by atoms with Gasteiger partial charge in [0.1, 0.15) is 11.1 Å². The summed E-state index contributed by atoms with van der Waals surface area (Å²) in [6.45, 7) is 3.16. The molecule has 0 spiro atoms. The third kappa shape index (κ3) is 5.86. The van der Waals surface area contributed by atoms with Gasteiger partial charge in [-0.25, -0.2) is 4.39 Å². The molecule has 7 heteroatoms. The number of anilines is 1. The summed E-state index contributed by atoms with van der Waals surface area (Å²) in [7, 11) is 0. The van der Waals surface area contributed by atoms with Crippen LogP contribution in [0.3, 0.4) is 0 Å². The lowest BCUT2D eigenvalue weighted by atomic mass is 10.3. The molecule has 0 aromatic heterocycles. The number of ether oxygens (including phenoxy) is 1. The van der Waals surface area contributed by atoms with Crippen molar-refractivity contribution in [1.29, 1.82) is 0 Å². The van der Waals surface area contributed by atoms with Crippen molar-refractivity contribution in [3.05, 3.63) is 58.8 Å². The van der Waals surface area contributed by atoms with Gasteiger partial charge in [0.2, 0.25) is 0 Å². The van der Waals surface area contributed by atoms with E-state index in [2.05, 4.69) is 21.2 Å². The highest BCUT2D eigenvalue weighted by Gasteiger charge is 2.23. The van der Waals surface area contributed by atoms with E-state index in [0.29, 0.717) is 4.47 Å². The van der Waals surface area contributed by atoms with Crippen molar-refractivity contribution in [1.82, 2.24) is 0 Å². The van der Waals surface area contributed by atoms with Crippen LogP contribution in [0.5, 0.6) is 0 Å². The molecule has 1 amide bonds. The number of carbonyl (C=O) groups excluding carboxylic acids is 2. The molecule has 0 unspecified atom stereocenters. The van der Waals surface area contributed by atoms with E-state index in [1.165, 1.54) is 30.8 Å². The Balaban J connectivity index is 1.90. The number of hydrogen-bond donors (Lipinski definition) is 1. The number of rotatable bonds is 6. The standard InChI is InChI=1S/C18H17BrFNO3S/c1-11(17(22)21-16-9-8-13(19)10-15(16)20)24-18(23)12(2)25-14-6-4-3-5-7-14/h3-12H,1-2H3,(H,21,22)/t11-,12+/m1/s1. The lowest BCUT2D eigenvalue weighted by Crippen LogP contribution is -2.32. The molecule has 0 aliphatic heterocycles. The molecule has 1 N–H and O–H groups in total. The lowest BCUT2D eigenvalue weighted by Gasteiger charge is -2.16. The van der Waals surface area contributed by atoms with Gasteiger partial charge < -0.3 is 10.1 Å². The fraction of sp³-hybridized carbons (Fsp3) is 0.222. The zero-order valence-corrected chi connectivity index (χ0v) is 16.1. The zero-order valence-electron chi connectivity index (χ0n) is 13.7. The second-order valence-corrected chi connectivity index (χ2v) is 7.60. The zero-order chi connectivity index (χ0) is 18.4. The normalized spacial score (nSPS) is 13.0. The maximum Gasteiger partial charge on any atom is 0.319 e. The number of carbonyl (C=O) groups is 2. The third-order valence-electron chi connectivity index (χ3n) is 3.24. The van der Waals surface area contributed by atoms with Crippen LogP contribution in [0.25, 0.3) is 0 Å². The van der Waals surface area contributed by atoms with E-state index in [-0.39, 0.29) is 5.69 Å². The number of benzene rings is 2. The average molecular weight is 426 g/mol. The average Bonchev–Trinajstić information content (AvgIpc) is 2.58. The molecule has 25 heavy (non-hydrogen) atoms. The Morgan fingerprint density at radius 3 is 2.48 bits per heavy atom. The minimum Gasteiger partial charge on any atom is -0.452 e. The molecule has 0 heterocycles. The van der Waals surface area contributed by atoms with E-state index in [4.69, 9.17) is 4.74 Å². The van der Waals surface area contributed by atoms with Gasteiger partial charge in [0.15, 0.2) is 6.10 Å². The van der Waals surface area contributed by atoms with Crippen LogP contribution in [0.4, 0.5) is 10.1 Å². The Hall–Kier alpha value is -1.86. The number of halogens is 2. The van der Waals surface area contributed by atoms with Crippen molar-refractivity contribution < 1.29 is 18.7 Å². The molecule has 0 fully saturated rings. The quantitative estimate of drug-likeness (QED) is 0.540. The summed E-state index contributed by atoms with van der Waals surface area (Å²) in [5.41, 5.74) is 0.0304. The molecule has 0 aliphatic rings. The molecule has 2 aromatic rings. The van der Waals surface area contributed by atoms with Gasteiger partial charge in [-0.2, -0.15) is 0 Å². The Morgan fingerprint density at radius 2 is 1.84 bits per heavy atom. The van der Waals surface area contributed by atoms with Crippen molar-refractivity contribution >= 4 is 45.3 Å². The Morgan fingerprint density at radius 1 is 1.16 bits per heavy atom. The van der Waals surface area contributed by atoms with Crippen LogP contribution in [0.1, 0.15) is 13.8 Å². The first-order valence-electron chi connectivity index (χ1n) is 7.55. The molecule has 0 bridgehead atoms. The molecule has 2 rings (SSSR count). The summed E-state index contributed by atoms with van der Waals surface area (Å²) in [6, 6.07) is 13.7. The minimum atomic E-state index is -1.03. The number of hydrogen-bond acceptors (Lipinski definition) is 4. The van der Waals surface area contributed by atoms with Crippen molar-refractivity contribution in [3.63, 3.8) is 0 Å². The molecule has 0 saturated carbocycles. The highest BCUT2D eigenvalue weighted by Crippen LogP contribution is 2.24. The molecule has 2 atom stereocenters. The summed E-state index contributed by atoms with van der Waals surface area (Å²) in [5.74, 6) is -1.67. The largest absolute Gasteiger partial charge is 0.452 e. The van der Waals surface area contributed by atoms with Gasteiger partial charge in [-0.1, -0.05) is 34.1 Å².